The Morgan fingerprint density at radius 3 is 0.681 bits per heavy atom. The smallest absolute Gasteiger partial charge is 0.661 e. The summed E-state index contributed by atoms with van der Waals surface area (Å²) in [6, 6.07) is 61.9. The van der Waals surface area contributed by atoms with E-state index in [1.54, 1.807) is 0 Å². The number of para-hydroxylation sites is 2. The van der Waals surface area contributed by atoms with Crippen LogP contribution in [0.25, 0.3) is 65.9 Å². The van der Waals surface area contributed by atoms with E-state index in [9.17, 15) is 9.59 Å². The normalized spacial score (nSPS) is 15.2. The molecule has 0 unspecified atom stereocenters. The fourth-order valence-electron chi connectivity index (χ4n) is 15.8. The predicted octanol–water partition coefficient (Wildman–Crippen LogP) is 22.7. The number of fused-ring (bicyclic) bond motifs is 4. The predicted molar refractivity (Wildman–Crippen MR) is 480 cm³/mol. The summed E-state index contributed by atoms with van der Waals surface area (Å²) in [5, 5.41) is 2.63. The van der Waals surface area contributed by atoms with Crippen LogP contribution in [-0.2, 0) is 47.4 Å². The summed E-state index contributed by atoms with van der Waals surface area (Å²) >= 11 is 0. The summed E-state index contributed by atoms with van der Waals surface area (Å²) < 4.78 is 3.97. The number of aliphatic imine (C=N–C) groups is 4. The Bertz CT molecular complexity index is 5900. The van der Waals surface area contributed by atoms with Gasteiger partial charge in [0.25, 0.3) is 0 Å². The molecule has 0 amide bonds. The van der Waals surface area contributed by atoms with Crippen molar-refractivity contribution in [2.45, 2.75) is 138 Å². The molecule has 0 saturated carbocycles. The van der Waals surface area contributed by atoms with Gasteiger partial charge in [-0.3, -0.25) is 29.6 Å². The van der Waals surface area contributed by atoms with E-state index in [0.717, 1.165) is 136 Å². The van der Waals surface area contributed by atoms with Crippen molar-refractivity contribution in [1.82, 2.24) is 29.1 Å². The Morgan fingerprint density at radius 2 is 0.491 bits per heavy atom. The molecule has 14 heteroatoms. The van der Waals surface area contributed by atoms with Gasteiger partial charge in [0.2, 0.25) is 0 Å². The summed E-state index contributed by atoms with van der Waals surface area (Å²) in [5.74, 6) is 0. The van der Waals surface area contributed by atoms with Crippen molar-refractivity contribution < 1.29 is 33.3 Å². The molecule has 12 nitrogen and oxygen atoms in total. The molecule has 4 aliphatic heterocycles. The Balaban J connectivity index is 0.000000142. The van der Waals surface area contributed by atoms with Crippen LogP contribution in [0.2, 0.25) is 0 Å². The Hall–Kier alpha value is -11.8. The quantitative estimate of drug-likeness (QED) is 0.109. The van der Waals surface area contributed by atoms with Crippen LogP contribution in [0.5, 0.6) is 0 Å². The molecule has 13 aromatic rings. The number of aromatic nitrogens is 6. The monoisotopic (exact) mass is 1610 g/mol. The van der Waals surface area contributed by atoms with E-state index in [1.807, 2.05) is 139 Å². The van der Waals surface area contributed by atoms with Crippen LogP contribution in [0.1, 0.15) is 168 Å². The molecule has 0 aliphatic carbocycles. The first kappa shape index (κ1) is 85.1. The number of hydrogen-bond acceptors (Lipinski definition) is 6. The van der Waals surface area contributed by atoms with Crippen molar-refractivity contribution in [3.63, 3.8) is 0 Å². The molecule has 17 rings (SSSR count). The van der Waals surface area contributed by atoms with Crippen molar-refractivity contribution in [2.24, 2.45) is 34.1 Å². The molecule has 0 N–H and O–H groups in total. The van der Waals surface area contributed by atoms with Crippen LogP contribution in [-0.4, -0.2) is 32.0 Å². The van der Waals surface area contributed by atoms with E-state index in [4.69, 9.17) is 39.9 Å². The van der Waals surface area contributed by atoms with Gasteiger partial charge in [-0.15, -0.1) is 22.8 Å². The van der Waals surface area contributed by atoms with Gasteiger partial charge >= 0.3 is 33.3 Å². The van der Waals surface area contributed by atoms with Gasteiger partial charge in [-0.05, 0) is 238 Å². The first-order chi connectivity index (χ1) is 54.4. The van der Waals surface area contributed by atoms with Crippen molar-refractivity contribution in [3.05, 3.63) is 384 Å². The van der Waals surface area contributed by atoms with Crippen LogP contribution < -0.4 is 30.8 Å². The molecule has 1 radical (unpaired) electrons. The third-order valence-electron chi connectivity index (χ3n) is 21.3. The van der Waals surface area contributed by atoms with E-state index < -0.39 is 0 Å². The second-order valence-electron chi connectivity index (χ2n) is 31.1. The minimum atomic E-state index is -0.00351. The molecule has 10 heterocycles. The van der Waals surface area contributed by atoms with Crippen LogP contribution in [0.15, 0.2) is 281 Å². The number of allylic oxidation sites excluding steroid dienone is 8. The third-order valence-corrected chi connectivity index (χ3v) is 21.3. The topological polar surface area (TPSA) is 150 Å². The average molecular weight is 1620 g/mol. The summed E-state index contributed by atoms with van der Waals surface area (Å²) in [6.07, 6.45) is 8.53. The summed E-state index contributed by atoms with van der Waals surface area (Å²) in [5.41, 5.74) is 43.9. The molecular formula is C102H100CoN10NiO2. The number of aryl methyl sites for hydroxylation is 14. The average Bonchev–Trinajstić information content (AvgIpc) is 1.06. The van der Waals surface area contributed by atoms with E-state index in [1.165, 1.54) is 89.1 Å². The molecule has 6 aromatic heterocycles. The fraction of sp³-hybridized carbons (Fsp3) is 0.216. The third kappa shape index (κ3) is 17.8. The van der Waals surface area contributed by atoms with E-state index in [0.29, 0.717) is 21.5 Å². The van der Waals surface area contributed by atoms with Crippen molar-refractivity contribution >= 4 is 88.8 Å². The zero-order chi connectivity index (χ0) is 81.4. The number of rotatable bonds is 8. The van der Waals surface area contributed by atoms with Gasteiger partial charge in [-0.1, -0.05) is 218 Å². The van der Waals surface area contributed by atoms with Crippen LogP contribution in [0.4, 0.5) is 0 Å². The van der Waals surface area contributed by atoms with Crippen LogP contribution in [0, 0.1) is 83.1 Å². The minimum absolute atomic E-state index is 0. The van der Waals surface area contributed by atoms with E-state index in [-0.39, 0.29) is 44.1 Å². The van der Waals surface area contributed by atoms with E-state index in [2.05, 4.69) is 229 Å². The molecule has 0 spiro atoms. The first-order valence-corrected chi connectivity index (χ1v) is 39.0. The standard InChI is InChI=1S/C22H16N2O2.4C20H21N2.Co.Ni/c1-23-17-9-5-3-7-13(17)21(25)15-12-20-16(11-19(15)23)22(26)14-8-4-6-10-18(14)24(20)2;4*1-12-6-8-17(9-7-12)18(19-13(2)10-15(4)21-19)20-14(3)11-16(5)22-20;;/h3-12H,1-2H3;4*6-11H,1-5H3;;/q;4*-1;2*+2. The van der Waals surface area contributed by atoms with Gasteiger partial charge < -0.3 is 29.1 Å². The second-order valence-corrected chi connectivity index (χ2v) is 31.1. The van der Waals surface area contributed by atoms with Gasteiger partial charge in [0.05, 0.1) is 44.9 Å². The zero-order valence-corrected chi connectivity index (χ0v) is 72.6. The molecule has 4 aliphatic rings. The summed E-state index contributed by atoms with van der Waals surface area (Å²) in [4.78, 5) is 64.2. The number of nitrogens with zero attached hydrogens (tertiary/aromatic N) is 10. The molecule has 0 fully saturated rings. The van der Waals surface area contributed by atoms with Gasteiger partial charge in [0.15, 0.2) is 10.9 Å². The zero-order valence-electron chi connectivity index (χ0n) is 70.6. The van der Waals surface area contributed by atoms with Gasteiger partial charge in [-0.25, -0.2) is 0 Å². The van der Waals surface area contributed by atoms with Gasteiger partial charge in [-0.2, -0.15) is 22.8 Å². The van der Waals surface area contributed by atoms with Crippen molar-refractivity contribution in [2.75, 3.05) is 0 Å². The maximum absolute atomic E-state index is 13.0. The molecule has 7 aromatic carbocycles. The molecular weight excluding hydrogens is 1510 g/mol. The number of pyridine rings is 2. The second kappa shape index (κ2) is 35.5. The molecule has 589 valence electrons. The Kier molecular flexibility index (Phi) is 26.1. The first-order valence-electron chi connectivity index (χ1n) is 39.0. The largest absolute Gasteiger partial charge is 2.00 e. The molecule has 0 atom stereocenters. The maximum Gasteiger partial charge on any atom is 2.00 e. The van der Waals surface area contributed by atoms with Crippen molar-refractivity contribution in [1.29, 1.82) is 0 Å². The van der Waals surface area contributed by atoms with Gasteiger partial charge in [0, 0.05) is 58.5 Å². The van der Waals surface area contributed by atoms with Crippen LogP contribution >= 0.6 is 0 Å². The Morgan fingerprint density at radius 1 is 0.276 bits per heavy atom. The molecule has 0 bridgehead atoms. The summed E-state index contributed by atoms with van der Waals surface area (Å²) in [7, 11) is 3.86. The SMILES string of the molecule is CC1=CC(C)=NC1=C(c1ccc(C)cc1)c1[n-]c(C)cc1C.CC1=CC(C)=NC1=C(c1ccc(C)cc1)c1[n-]c(C)cc1C.CC1=CC(C)=NC1=C(c1ccc(C)cc1)c1[n-]c(C)cc1C.CC1=CC(C)=NC1=C(c1ccc(C)cc1)c1[n-]c(C)cc1C.Cn1c2ccccc2c(=O)c2cc3c(cc21)c(=O)c1ccccc1n3C.[Co+2].[Ni+2]. The van der Waals surface area contributed by atoms with E-state index >= 15 is 0 Å². The maximum atomic E-state index is 13.0. The van der Waals surface area contributed by atoms with Gasteiger partial charge in [0.1, 0.15) is 0 Å². The Labute approximate surface area is 702 Å². The van der Waals surface area contributed by atoms with Crippen LogP contribution in [0.3, 0.4) is 0 Å². The minimum Gasteiger partial charge on any atom is -0.661 e. The fourth-order valence-corrected chi connectivity index (χ4v) is 15.8. The molecule has 116 heavy (non-hydrogen) atoms. The number of hydrogen-bond donors (Lipinski definition) is 0. The number of benzene rings is 7. The van der Waals surface area contributed by atoms with Crippen molar-refractivity contribution in [3.8, 4) is 0 Å². The molecule has 0 saturated heterocycles. The summed E-state index contributed by atoms with van der Waals surface area (Å²) in [6.45, 7) is 41.7.